The molecule has 0 bridgehead atoms. The van der Waals surface area contributed by atoms with Crippen molar-refractivity contribution in [3.05, 3.63) is 69.7 Å². The van der Waals surface area contributed by atoms with E-state index in [-0.39, 0.29) is 17.3 Å². The number of benzene rings is 2. The number of hydrogen-bond acceptors (Lipinski definition) is 5. The zero-order valence-electron chi connectivity index (χ0n) is 15.7. The summed E-state index contributed by atoms with van der Waals surface area (Å²) in [7, 11) is -3.26. The summed E-state index contributed by atoms with van der Waals surface area (Å²) in [4.78, 5) is 17.0. The van der Waals surface area contributed by atoms with Gasteiger partial charge in [0, 0.05) is 19.2 Å². The molecule has 0 aliphatic rings. The van der Waals surface area contributed by atoms with E-state index in [2.05, 4.69) is 15.4 Å². The summed E-state index contributed by atoms with van der Waals surface area (Å²) in [6.45, 7) is 2.09. The Bertz CT molecular complexity index is 1140. The van der Waals surface area contributed by atoms with Gasteiger partial charge in [-0.2, -0.15) is 0 Å². The third-order valence-electron chi connectivity index (χ3n) is 4.15. The Hall–Kier alpha value is -2.42. The predicted octanol–water partition coefficient (Wildman–Crippen LogP) is 3.47. The van der Waals surface area contributed by atoms with Gasteiger partial charge in [0.15, 0.2) is 9.84 Å². The zero-order chi connectivity index (χ0) is 21.2. The Balaban J connectivity index is 1.79. The molecule has 3 aromatic rings. The molecule has 1 amide bonds. The van der Waals surface area contributed by atoms with Crippen LogP contribution in [0, 0.1) is 0 Å². The first-order valence-electron chi connectivity index (χ1n) is 8.68. The molecule has 0 aliphatic heterocycles. The van der Waals surface area contributed by atoms with Gasteiger partial charge in [-0.15, -0.1) is 5.10 Å². The number of aryl methyl sites for hydroxylation is 1. The molecule has 0 saturated heterocycles. The average molecular weight is 453 g/mol. The molecule has 2 aromatic carbocycles. The van der Waals surface area contributed by atoms with Crippen molar-refractivity contribution in [3.8, 4) is 5.69 Å². The smallest absolute Gasteiger partial charge is 0.291 e. The largest absolute Gasteiger partial charge is 0.345 e. The van der Waals surface area contributed by atoms with Crippen LogP contribution in [0.2, 0.25) is 10.0 Å². The first-order chi connectivity index (χ1) is 13.7. The second-order valence-corrected chi connectivity index (χ2v) is 9.12. The van der Waals surface area contributed by atoms with Crippen LogP contribution in [0.4, 0.5) is 0 Å². The second-order valence-electron chi connectivity index (χ2n) is 6.29. The zero-order valence-corrected chi connectivity index (χ0v) is 18.0. The van der Waals surface area contributed by atoms with E-state index >= 15 is 0 Å². The van der Waals surface area contributed by atoms with Crippen molar-refractivity contribution in [2.24, 2.45) is 0 Å². The van der Waals surface area contributed by atoms with Crippen LogP contribution >= 0.6 is 23.2 Å². The van der Waals surface area contributed by atoms with Gasteiger partial charge in [0.05, 0.1) is 14.9 Å². The van der Waals surface area contributed by atoms with Gasteiger partial charge in [-0.3, -0.25) is 4.79 Å². The number of aromatic nitrogens is 3. The number of nitrogens with one attached hydrogen (secondary N) is 1. The van der Waals surface area contributed by atoms with Crippen molar-refractivity contribution in [2.45, 2.75) is 24.8 Å². The SMILES string of the molecule is CCc1nc(C(=O)NCc2ccc(S(C)(=O)=O)cc2)nn1-c1c(Cl)cccc1Cl. The summed E-state index contributed by atoms with van der Waals surface area (Å²) >= 11 is 12.5. The third kappa shape index (κ3) is 4.77. The highest BCUT2D eigenvalue weighted by molar-refractivity contribution is 7.90. The number of hydrogen-bond donors (Lipinski definition) is 1. The summed E-state index contributed by atoms with van der Waals surface area (Å²) in [5.41, 5.74) is 1.21. The van der Waals surface area contributed by atoms with Crippen LogP contribution in [0.3, 0.4) is 0 Å². The molecule has 1 heterocycles. The molecular weight excluding hydrogens is 435 g/mol. The van der Waals surface area contributed by atoms with E-state index in [1.54, 1.807) is 30.3 Å². The quantitative estimate of drug-likeness (QED) is 0.617. The Kier molecular flexibility index (Phi) is 6.26. The molecule has 0 aliphatic carbocycles. The first kappa shape index (κ1) is 21.3. The summed E-state index contributed by atoms with van der Waals surface area (Å²) in [6, 6.07) is 11.4. The van der Waals surface area contributed by atoms with Gasteiger partial charge < -0.3 is 5.32 Å². The van der Waals surface area contributed by atoms with Crippen LogP contribution < -0.4 is 5.32 Å². The maximum absolute atomic E-state index is 12.5. The lowest BCUT2D eigenvalue weighted by atomic mass is 10.2. The van der Waals surface area contributed by atoms with Crippen LogP contribution in [0.5, 0.6) is 0 Å². The van der Waals surface area contributed by atoms with Gasteiger partial charge in [-0.1, -0.05) is 48.3 Å². The minimum Gasteiger partial charge on any atom is -0.345 e. The van der Waals surface area contributed by atoms with Crippen molar-refractivity contribution >= 4 is 38.9 Å². The number of nitrogens with zero attached hydrogens (tertiary/aromatic N) is 3. The molecule has 0 unspecified atom stereocenters. The lowest BCUT2D eigenvalue weighted by Gasteiger charge is -2.08. The number of rotatable bonds is 6. The molecule has 0 saturated carbocycles. The van der Waals surface area contributed by atoms with Crippen molar-refractivity contribution < 1.29 is 13.2 Å². The summed E-state index contributed by atoms with van der Waals surface area (Å²) in [5, 5.41) is 7.80. The third-order valence-corrected chi connectivity index (χ3v) is 5.89. The van der Waals surface area contributed by atoms with Gasteiger partial charge in [0.1, 0.15) is 11.5 Å². The van der Waals surface area contributed by atoms with Crippen molar-refractivity contribution in [3.63, 3.8) is 0 Å². The van der Waals surface area contributed by atoms with E-state index in [1.807, 2.05) is 6.92 Å². The van der Waals surface area contributed by atoms with E-state index in [9.17, 15) is 13.2 Å². The predicted molar refractivity (Wildman–Crippen MR) is 111 cm³/mol. The number of amides is 1. The van der Waals surface area contributed by atoms with Crippen LogP contribution in [0.25, 0.3) is 5.69 Å². The van der Waals surface area contributed by atoms with Crippen molar-refractivity contribution in [2.75, 3.05) is 6.26 Å². The summed E-state index contributed by atoms with van der Waals surface area (Å²) in [6.07, 6.45) is 1.66. The highest BCUT2D eigenvalue weighted by Gasteiger charge is 2.19. The lowest BCUT2D eigenvalue weighted by molar-refractivity contribution is 0.0940. The molecule has 152 valence electrons. The highest BCUT2D eigenvalue weighted by atomic mass is 35.5. The monoisotopic (exact) mass is 452 g/mol. The molecule has 1 aromatic heterocycles. The molecule has 0 fully saturated rings. The molecule has 0 radical (unpaired) electrons. The number of para-hydroxylation sites is 1. The standard InChI is InChI=1S/C19H18Cl2N4O3S/c1-3-16-23-18(24-25(16)17-14(20)5-4-6-15(17)21)19(26)22-11-12-7-9-13(10-8-12)29(2,27)28/h4-10H,3,11H2,1-2H3,(H,22,26). The average Bonchev–Trinajstić information content (AvgIpc) is 3.09. The van der Waals surface area contributed by atoms with E-state index in [4.69, 9.17) is 23.2 Å². The van der Waals surface area contributed by atoms with Crippen molar-refractivity contribution in [1.82, 2.24) is 20.1 Å². The molecule has 7 nitrogen and oxygen atoms in total. The van der Waals surface area contributed by atoms with Crippen LogP contribution in [-0.2, 0) is 22.8 Å². The fourth-order valence-electron chi connectivity index (χ4n) is 2.66. The van der Waals surface area contributed by atoms with Crippen molar-refractivity contribution in [1.29, 1.82) is 0 Å². The molecule has 10 heteroatoms. The minimum absolute atomic E-state index is 0.00871. The van der Waals surface area contributed by atoms with Crippen LogP contribution in [0.15, 0.2) is 47.4 Å². The molecule has 1 N–H and O–H groups in total. The normalized spacial score (nSPS) is 11.4. The Morgan fingerprint density at radius 2 is 1.72 bits per heavy atom. The molecule has 0 atom stereocenters. The molecule has 29 heavy (non-hydrogen) atoms. The Labute approximate surface area is 178 Å². The van der Waals surface area contributed by atoms with E-state index in [0.717, 1.165) is 11.8 Å². The molecule has 3 rings (SSSR count). The van der Waals surface area contributed by atoms with Gasteiger partial charge in [0.25, 0.3) is 5.91 Å². The van der Waals surface area contributed by atoms with Gasteiger partial charge >= 0.3 is 0 Å². The Morgan fingerprint density at radius 3 is 2.28 bits per heavy atom. The first-order valence-corrected chi connectivity index (χ1v) is 11.3. The number of carbonyl (C=O) groups is 1. The van der Waals surface area contributed by atoms with E-state index in [0.29, 0.717) is 28.0 Å². The van der Waals surface area contributed by atoms with E-state index in [1.165, 1.54) is 16.8 Å². The van der Waals surface area contributed by atoms with Crippen LogP contribution in [0.1, 0.15) is 28.9 Å². The second kappa shape index (κ2) is 8.52. The fraction of sp³-hybridized carbons (Fsp3) is 0.211. The van der Waals surface area contributed by atoms with Gasteiger partial charge in [-0.25, -0.2) is 18.1 Å². The number of carbonyl (C=O) groups excluding carboxylic acids is 1. The van der Waals surface area contributed by atoms with E-state index < -0.39 is 15.7 Å². The minimum atomic E-state index is -3.26. The maximum atomic E-state index is 12.5. The molecule has 0 spiro atoms. The molecular formula is C19H18Cl2N4O3S. The highest BCUT2D eigenvalue weighted by Crippen LogP contribution is 2.28. The summed E-state index contributed by atoms with van der Waals surface area (Å²) in [5.74, 6) is 0.0714. The van der Waals surface area contributed by atoms with Crippen LogP contribution in [-0.4, -0.2) is 35.3 Å². The number of halogens is 2. The maximum Gasteiger partial charge on any atom is 0.291 e. The Morgan fingerprint density at radius 1 is 1.10 bits per heavy atom. The lowest BCUT2D eigenvalue weighted by Crippen LogP contribution is -2.24. The van der Waals surface area contributed by atoms with Gasteiger partial charge in [0.2, 0.25) is 5.82 Å². The summed E-state index contributed by atoms with van der Waals surface area (Å²) < 4.78 is 24.5. The fourth-order valence-corrected chi connectivity index (χ4v) is 3.84. The van der Waals surface area contributed by atoms with Gasteiger partial charge in [-0.05, 0) is 29.8 Å². The number of sulfone groups is 1. The topological polar surface area (TPSA) is 93.9 Å².